The maximum atomic E-state index is 3.50. The van der Waals surface area contributed by atoms with Crippen molar-refractivity contribution in [3.8, 4) is 0 Å². The van der Waals surface area contributed by atoms with E-state index in [9.17, 15) is 0 Å². The van der Waals surface area contributed by atoms with Crippen molar-refractivity contribution in [1.82, 2.24) is 10.2 Å². The van der Waals surface area contributed by atoms with Gasteiger partial charge in [-0.15, -0.1) is 0 Å². The Labute approximate surface area is 107 Å². The van der Waals surface area contributed by atoms with Gasteiger partial charge in [0.15, 0.2) is 0 Å². The van der Waals surface area contributed by atoms with Gasteiger partial charge in [-0.25, -0.2) is 0 Å². The highest BCUT2D eigenvalue weighted by Crippen LogP contribution is 2.38. The Morgan fingerprint density at radius 1 is 1.29 bits per heavy atom. The van der Waals surface area contributed by atoms with Crippen LogP contribution in [0.3, 0.4) is 0 Å². The molecule has 100 valence electrons. The molecule has 2 heteroatoms. The first kappa shape index (κ1) is 13.4. The quantitative estimate of drug-likeness (QED) is 0.810. The van der Waals surface area contributed by atoms with E-state index in [1.54, 1.807) is 0 Å². The third kappa shape index (κ3) is 3.69. The van der Waals surface area contributed by atoms with Crippen LogP contribution in [0.2, 0.25) is 0 Å². The van der Waals surface area contributed by atoms with Crippen molar-refractivity contribution in [2.75, 3.05) is 26.2 Å². The second-order valence-corrected chi connectivity index (χ2v) is 6.87. The van der Waals surface area contributed by atoms with E-state index in [1.165, 1.54) is 51.7 Å². The van der Waals surface area contributed by atoms with Crippen molar-refractivity contribution in [2.24, 2.45) is 11.3 Å². The van der Waals surface area contributed by atoms with Crippen LogP contribution in [-0.4, -0.2) is 37.1 Å². The molecular weight excluding hydrogens is 208 g/mol. The molecular formula is C15H30N2. The molecule has 2 aliphatic rings. The number of hydrogen-bond donors (Lipinski definition) is 1. The number of rotatable bonds is 4. The van der Waals surface area contributed by atoms with E-state index >= 15 is 0 Å². The zero-order valence-electron chi connectivity index (χ0n) is 12.0. The summed E-state index contributed by atoms with van der Waals surface area (Å²) in [5, 5.41) is 3.50. The van der Waals surface area contributed by atoms with Crippen molar-refractivity contribution >= 4 is 0 Å². The Morgan fingerprint density at radius 2 is 2.12 bits per heavy atom. The molecule has 0 aromatic heterocycles. The topological polar surface area (TPSA) is 15.3 Å². The van der Waals surface area contributed by atoms with Crippen molar-refractivity contribution in [1.29, 1.82) is 0 Å². The first-order chi connectivity index (χ1) is 8.11. The minimum Gasteiger partial charge on any atom is -0.317 e. The molecule has 0 amide bonds. The minimum atomic E-state index is 0.586. The van der Waals surface area contributed by atoms with Gasteiger partial charge in [-0.1, -0.05) is 27.2 Å². The summed E-state index contributed by atoms with van der Waals surface area (Å²) in [4.78, 5) is 2.78. The van der Waals surface area contributed by atoms with Crippen LogP contribution in [0.15, 0.2) is 0 Å². The van der Waals surface area contributed by atoms with Crippen molar-refractivity contribution in [3.63, 3.8) is 0 Å². The average Bonchev–Trinajstić information content (AvgIpc) is 2.73. The van der Waals surface area contributed by atoms with Gasteiger partial charge < -0.3 is 10.2 Å². The lowest BCUT2D eigenvalue weighted by atomic mass is 9.75. The molecule has 0 radical (unpaired) electrons. The number of hydrogen-bond acceptors (Lipinski definition) is 2. The molecule has 1 saturated heterocycles. The van der Waals surface area contributed by atoms with Crippen LogP contribution in [0.5, 0.6) is 0 Å². The highest BCUT2D eigenvalue weighted by atomic mass is 15.2. The van der Waals surface area contributed by atoms with Crippen molar-refractivity contribution < 1.29 is 0 Å². The number of nitrogens with one attached hydrogen (secondary N) is 1. The monoisotopic (exact) mass is 238 g/mol. The van der Waals surface area contributed by atoms with Gasteiger partial charge in [-0.3, -0.25) is 0 Å². The fourth-order valence-corrected chi connectivity index (χ4v) is 3.68. The number of likely N-dealkylation sites (tertiary alicyclic amines) is 1. The van der Waals surface area contributed by atoms with E-state index < -0.39 is 0 Å². The summed E-state index contributed by atoms with van der Waals surface area (Å²) in [5.74, 6) is 0.903. The molecule has 2 atom stereocenters. The molecule has 1 saturated carbocycles. The van der Waals surface area contributed by atoms with Crippen LogP contribution in [0.1, 0.15) is 52.9 Å². The van der Waals surface area contributed by atoms with Crippen LogP contribution < -0.4 is 5.32 Å². The molecule has 0 aromatic carbocycles. The first-order valence-corrected chi connectivity index (χ1v) is 7.55. The van der Waals surface area contributed by atoms with Gasteiger partial charge >= 0.3 is 0 Å². The summed E-state index contributed by atoms with van der Waals surface area (Å²) in [6, 6.07) is 0.880. The maximum Gasteiger partial charge on any atom is 0.0100 e. The predicted molar refractivity (Wildman–Crippen MR) is 74.3 cm³/mol. The van der Waals surface area contributed by atoms with Gasteiger partial charge in [-0.05, 0) is 56.7 Å². The molecule has 2 rings (SSSR count). The van der Waals surface area contributed by atoms with Crippen LogP contribution in [0, 0.1) is 11.3 Å². The van der Waals surface area contributed by atoms with E-state index in [-0.39, 0.29) is 0 Å². The molecule has 2 nitrogen and oxygen atoms in total. The third-order valence-electron chi connectivity index (χ3n) is 4.70. The summed E-state index contributed by atoms with van der Waals surface area (Å²) in [5.41, 5.74) is 0.586. The lowest BCUT2D eigenvalue weighted by molar-refractivity contribution is 0.110. The molecule has 1 aliphatic carbocycles. The smallest absolute Gasteiger partial charge is 0.0100 e. The summed E-state index contributed by atoms with van der Waals surface area (Å²) < 4.78 is 0. The Morgan fingerprint density at radius 3 is 2.82 bits per heavy atom. The fraction of sp³-hybridized carbons (Fsp3) is 1.00. The number of nitrogens with zero attached hydrogens (tertiary/aromatic N) is 1. The molecule has 17 heavy (non-hydrogen) atoms. The molecule has 1 aliphatic heterocycles. The van der Waals surface area contributed by atoms with E-state index in [1.807, 2.05) is 0 Å². The SMILES string of the molecule is CCNCC1CCN(C2CCCC(C)(C)C2)C1. The summed E-state index contributed by atoms with van der Waals surface area (Å²) in [6.45, 7) is 12.1. The Hall–Kier alpha value is -0.0800. The molecule has 0 spiro atoms. The zero-order valence-corrected chi connectivity index (χ0v) is 12.0. The standard InChI is InChI=1S/C15H30N2/c1-4-16-11-13-7-9-17(12-13)14-6-5-8-15(2,3)10-14/h13-14,16H,4-12H2,1-3H3. The van der Waals surface area contributed by atoms with Gasteiger partial charge in [0.1, 0.15) is 0 Å². The summed E-state index contributed by atoms with van der Waals surface area (Å²) >= 11 is 0. The van der Waals surface area contributed by atoms with Gasteiger partial charge in [-0.2, -0.15) is 0 Å². The van der Waals surface area contributed by atoms with Crippen LogP contribution in [0.25, 0.3) is 0 Å². The van der Waals surface area contributed by atoms with Crippen LogP contribution in [-0.2, 0) is 0 Å². The first-order valence-electron chi connectivity index (χ1n) is 7.55. The largest absolute Gasteiger partial charge is 0.317 e. The molecule has 1 N–H and O–H groups in total. The van der Waals surface area contributed by atoms with Gasteiger partial charge in [0.05, 0.1) is 0 Å². The average molecular weight is 238 g/mol. The Bertz CT molecular complexity index is 237. The molecule has 2 unspecified atom stereocenters. The van der Waals surface area contributed by atoms with Gasteiger partial charge in [0.2, 0.25) is 0 Å². The summed E-state index contributed by atoms with van der Waals surface area (Å²) in [7, 11) is 0. The maximum absolute atomic E-state index is 3.50. The van der Waals surface area contributed by atoms with E-state index in [2.05, 4.69) is 31.0 Å². The fourth-order valence-electron chi connectivity index (χ4n) is 3.68. The molecule has 1 heterocycles. The summed E-state index contributed by atoms with van der Waals surface area (Å²) in [6.07, 6.45) is 7.13. The van der Waals surface area contributed by atoms with Gasteiger partial charge in [0, 0.05) is 12.6 Å². The molecule has 0 bridgehead atoms. The van der Waals surface area contributed by atoms with Crippen molar-refractivity contribution in [3.05, 3.63) is 0 Å². The van der Waals surface area contributed by atoms with Crippen LogP contribution in [0.4, 0.5) is 0 Å². The predicted octanol–water partition coefficient (Wildman–Crippen LogP) is 2.89. The highest BCUT2D eigenvalue weighted by Gasteiger charge is 2.34. The second-order valence-electron chi connectivity index (χ2n) is 6.87. The van der Waals surface area contributed by atoms with Crippen molar-refractivity contribution in [2.45, 2.75) is 58.9 Å². The normalized spacial score (nSPS) is 34.1. The highest BCUT2D eigenvalue weighted by molar-refractivity contribution is 4.89. The minimum absolute atomic E-state index is 0.586. The van der Waals surface area contributed by atoms with Crippen LogP contribution >= 0.6 is 0 Å². The van der Waals surface area contributed by atoms with E-state index in [4.69, 9.17) is 0 Å². The zero-order chi connectivity index (χ0) is 12.3. The second kappa shape index (κ2) is 5.71. The van der Waals surface area contributed by atoms with E-state index in [0.717, 1.165) is 18.5 Å². The lowest BCUT2D eigenvalue weighted by Crippen LogP contribution is -2.40. The molecule has 0 aromatic rings. The molecule has 2 fully saturated rings. The Kier molecular flexibility index (Phi) is 4.48. The van der Waals surface area contributed by atoms with Gasteiger partial charge in [0.25, 0.3) is 0 Å². The lowest BCUT2D eigenvalue weighted by Gasteiger charge is -2.39. The van der Waals surface area contributed by atoms with E-state index in [0.29, 0.717) is 5.41 Å². The Balaban J connectivity index is 1.79. The third-order valence-corrected chi connectivity index (χ3v) is 4.70.